The van der Waals surface area contributed by atoms with Gasteiger partial charge in [0.1, 0.15) is 12.2 Å². The summed E-state index contributed by atoms with van der Waals surface area (Å²) in [6.07, 6.45) is 0. The van der Waals surface area contributed by atoms with E-state index >= 15 is 0 Å². The predicted octanol–water partition coefficient (Wildman–Crippen LogP) is 2.68. The average molecular weight is 293 g/mol. The van der Waals surface area contributed by atoms with Gasteiger partial charge < -0.3 is 15.2 Å². The summed E-state index contributed by atoms with van der Waals surface area (Å²) < 4.78 is 10.1. The molecule has 0 spiro atoms. The highest BCUT2D eigenvalue weighted by molar-refractivity contribution is 6.34. The third kappa shape index (κ3) is 3.19. The molecule has 2 rings (SSSR count). The number of hydrogen-bond acceptors (Lipinski definition) is 5. The van der Waals surface area contributed by atoms with Gasteiger partial charge in [-0.05, 0) is 18.2 Å². The van der Waals surface area contributed by atoms with Crippen molar-refractivity contribution in [3.05, 3.63) is 52.7 Å². The normalized spacial score (nSPS) is 10.1. The van der Waals surface area contributed by atoms with Crippen molar-refractivity contribution < 1.29 is 14.3 Å². The Balaban J connectivity index is 2.09. The van der Waals surface area contributed by atoms with E-state index in [2.05, 4.69) is 4.98 Å². The van der Waals surface area contributed by atoms with Crippen molar-refractivity contribution in [3.63, 3.8) is 0 Å². The highest BCUT2D eigenvalue weighted by atomic mass is 35.5. The van der Waals surface area contributed by atoms with E-state index in [0.717, 1.165) is 0 Å². The quantitative estimate of drug-likeness (QED) is 0.693. The van der Waals surface area contributed by atoms with Gasteiger partial charge in [0.25, 0.3) is 0 Å². The van der Waals surface area contributed by atoms with Crippen molar-refractivity contribution in [1.82, 2.24) is 4.98 Å². The van der Waals surface area contributed by atoms with Gasteiger partial charge in [0, 0.05) is 11.8 Å². The van der Waals surface area contributed by atoms with Gasteiger partial charge in [0.2, 0.25) is 5.88 Å². The predicted molar refractivity (Wildman–Crippen MR) is 75.8 cm³/mol. The summed E-state index contributed by atoms with van der Waals surface area (Å²) in [5.74, 6) is -0.131. The summed E-state index contributed by atoms with van der Waals surface area (Å²) in [5, 5.41) is 0.258. The molecule has 0 aliphatic carbocycles. The average Bonchev–Trinajstić information content (AvgIpc) is 2.45. The smallest absolute Gasteiger partial charge is 0.342 e. The first-order valence-corrected chi connectivity index (χ1v) is 6.20. The van der Waals surface area contributed by atoms with Crippen molar-refractivity contribution in [2.24, 2.45) is 0 Å². The highest BCUT2D eigenvalue weighted by Crippen LogP contribution is 2.23. The largest absolute Gasteiger partial charge is 0.481 e. The van der Waals surface area contributed by atoms with E-state index in [0.29, 0.717) is 11.6 Å². The van der Waals surface area contributed by atoms with Crippen LogP contribution in [0.2, 0.25) is 5.02 Å². The molecule has 0 aliphatic rings. The number of benzene rings is 1. The lowest BCUT2D eigenvalue weighted by Crippen LogP contribution is -2.09. The molecule has 2 aromatic rings. The number of nitrogens with zero attached hydrogens (tertiary/aromatic N) is 1. The SMILES string of the molecule is COc1cccc(COC(=O)c2c(N)cccc2Cl)n1. The van der Waals surface area contributed by atoms with E-state index in [1.54, 1.807) is 36.4 Å². The molecule has 0 saturated carbocycles. The summed E-state index contributed by atoms with van der Waals surface area (Å²) >= 11 is 5.94. The maximum atomic E-state index is 12.0. The van der Waals surface area contributed by atoms with Crippen LogP contribution < -0.4 is 10.5 Å². The lowest BCUT2D eigenvalue weighted by molar-refractivity contribution is 0.0468. The molecule has 0 saturated heterocycles. The summed E-state index contributed by atoms with van der Waals surface area (Å²) in [7, 11) is 1.52. The Labute approximate surface area is 121 Å². The molecule has 6 heteroatoms. The van der Waals surface area contributed by atoms with E-state index < -0.39 is 5.97 Å². The van der Waals surface area contributed by atoms with Crippen LogP contribution in [0.25, 0.3) is 0 Å². The second-order valence-electron chi connectivity index (χ2n) is 3.95. The maximum Gasteiger partial charge on any atom is 0.342 e. The molecule has 0 atom stereocenters. The number of methoxy groups -OCH3 is 1. The van der Waals surface area contributed by atoms with Crippen molar-refractivity contribution in [2.45, 2.75) is 6.61 Å². The third-order valence-corrected chi connectivity index (χ3v) is 2.91. The van der Waals surface area contributed by atoms with Crippen LogP contribution in [0, 0.1) is 0 Å². The Hall–Kier alpha value is -2.27. The lowest BCUT2D eigenvalue weighted by atomic mass is 10.2. The number of hydrogen-bond donors (Lipinski definition) is 1. The molecule has 0 aliphatic heterocycles. The number of nitrogens with two attached hydrogens (primary N) is 1. The van der Waals surface area contributed by atoms with E-state index in [9.17, 15) is 4.79 Å². The van der Waals surface area contributed by atoms with E-state index in [4.69, 9.17) is 26.8 Å². The van der Waals surface area contributed by atoms with Gasteiger partial charge >= 0.3 is 5.97 Å². The number of esters is 1. The first kappa shape index (κ1) is 14.1. The van der Waals surface area contributed by atoms with Crippen LogP contribution in [0.3, 0.4) is 0 Å². The van der Waals surface area contributed by atoms with Crippen molar-refractivity contribution >= 4 is 23.3 Å². The summed E-state index contributed by atoms with van der Waals surface area (Å²) in [5.41, 5.74) is 6.73. The van der Waals surface area contributed by atoms with Crippen LogP contribution in [-0.4, -0.2) is 18.1 Å². The third-order valence-electron chi connectivity index (χ3n) is 2.59. The van der Waals surface area contributed by atoms with Gasteiger partial charge in [0.05, 0.1) is 17.8 Å². The molecule has 0 fully saturated rings. The maximum absolute atomic E-state index is 12.0. The zero-order valence-corrected chi connectivity index (χ0v) is 11.6. The molecular formula is C14H13ClN2O3. The molecular weight excluding hydrogens is 280 g/mol. The number of carbonyl (C=O) groups excluding carboxylic acids is 1. The molecule has 2 N–H and O–H groups in total. The van der Waals surface area contributed by atoms with Crippen molar-refractivity contribution in [1.29, 1.82) is 0 Å². The highest BCUT2D eigenvalue weighted by Gasteiger charge is 2.15. The second-order valence-corrected chi connectivity index (χ2v) is 4.36. The number of halogens is 1. The minimum Gasteiger partial charge on any atom is -0.481 e. The molecule has 1 aromatic carbocycles. The fourth-order valence-electron chi connectivity index (χ4n) is 1.62. The van der Waals surface area contributed by atoms with E-state index in [1.165, 1.54) is 7.11 Å². The molecule has 0 radical (unpaired) electrons. The zero-order chi connectivity index (χ0) is 14.5. The second kappa shape index (κ2) is 6.25. The minimum absolute atomic E-state index is 0.0146. The first-order chi connectivity index (χ1) is 9.61. The van der Waals surface area contributed by atoms with E-state index in [1.807, 2.05) is 0 Å². The molecule has 0 amide bonds. The summed E-state index contributed by atoms with van der Waals surface area (Å²) in [4.78, 5) is 16.1. The number of ether oxygens (including phenoxy) is 2. The van der Waals surface area contributed by atoms with Gasteiger partial charge in [-0.2, -0.15) is 0 Å². The van der Waals surface area contributed by atoms with Gasteiger partial charge in [-0.3, -0.25) is 0 Å². The topological polar surface area (TPSA) is 74.4 Å². The Morgan fingerprint density at radius 1 is 1.30 bits per heavy atom. The Morgan fingerprint density at radius 3 is 2.75 bits per heavy atom. The standard InChI is InChI=1S/C14H13ClN2O3/c1-19-12-7-2-4-9(17-12)8-20-14(18)13-10(15)5-3-6-11(13)16/h2-7H,8,16H2,1H3. The zero-order valence-electron chi connectivity index (χ0n) is 10.8. The number of anilines is 1. The molecule has 1 aromatic heterocycles. The van der Waals surface area contributed by atoms with Crippen LogP contribution in [0.1, 0.15) is 16.1 Å². The van der Waals surface area contributed by atoms with E-state index in [-0.39, 0.29) is 22.9 Å². The number of carbonyl (C=O) groups is 1. The van der Waals surface area contributed by atoms with Gasteiger partial charge in [-0.15, -0.1) is 0 Å². The molecule has 104 valence electrons. The lowest BCUT2D eigenvalue weighted by Gasteiger charge is -2.08. The monoisotopic (exact) mass is 292 g/mol. The van der Waals surface area contributed by atoms with Crippen LogP contribution in [-0.2, 0) is 11.3 Å². The van der Waals surface area contributed by atoms with Gasteiger partial charge in [-0.25, -0.2) is 9.78 Å². The fourth-order valence-corrected chi connectivity index (χ4v) is 1.88. The van der Waals surface area contributed by atoms with Crippen LogP contribution in [0.5, 0.6) is 5.88 Å². The molecule has 1 heterocycles. The molecule has 0 bridgehead atoms. The van der Waals surface area contributed by atoms with Crippen LogP contribution in [0.15, 0.2) is 36.4 Å². The Bertz CT molecular complexity index is 611. The first-order valence-electron chi connectivity index (χ1n) is 5.83. The number of pyridine rings is 1. The summed E-state index contributed by atoms with van der Waals surface area (Å²) in [6.45, 7) is 0.0146. The van der Waals surface area contributed by atoms with Crippen molar-refractivity contribution in [2.75, 3.05) is 12.8 Å². The number of aromatic nitrogens is 1. The number of rotatable bonds is 4. The molecule has 5 nitrogen and oxygen atoms in total. The van der Waals surface area contributed by atoms with Gasteiger partial charge in [0.15, 0.2) is 0 Å². The summed E-state index contributed by atoms with van der Waals surface area (Å²) in [6, 6.07) is 10.0. The molecule has 0 unspecified atom stereocenters. The fraction of sp³-hybridized carbons (Fsp3) is 0.143. The number of nitrogen functional groups attached to an aromatic ring is 1. The van der Waals surface area contributed by atoms with Crippen LogP contribution in [0.4, 0.5) is 5.69 Å². The molecule has 20 heavy (non-hydrogen) atoms. The van der Waals surface area contributed by atoms with Gasteiger partial charge in [-0.1, -0.05) is 23.7 Å². The Morgan fingerprint density at radius 2 is 2.05 bits per heavy atom. The van der Waals surface area contributed by atoms with Crippen molar-refractivity contribution in [3.8, 4) is 5.88 Å². The Kier molecular flexibility index (Phi) is 4.42. The minimum atomic E-state index is -0.585. The van der Waals surface area contributed by atoms with Crippen LogP contribution >= 0.6 is 11.6 Å².